The standard InChI is InChI=1S/C24H24F3N5O3/c1-34-20-9-3-16(15-21(20)35-2)19-8-10-22(30-29-19)31-11-13-32(14-12-31)23(33)28-18-6-4-17(5-7-18)24(25,26)27/h3-10,15H,11-14H2,1-2H3,(H,28,33). The van der Waals surface area contributed by atoms with Crippen LogP contribution in [0.4, 0.5) is 29.5 Å². The van der Waals surface area contributed by atoms with Crippen molar-refractivity contribution in [2.75, 3.05) is 50.6 Å². The van der Waals surface area contributed by atoms with E-state index in [4.69, 9.17) is 9.47 Å². The first kappa shape index (κ1) is 24.1. The number of nitrogens with one attached hydrogen (secondary N) is 1. The van der Waals surface area contributed by atoms with Gasteiger partial charge in [0.25, 0.3) is 0 Å². The van der Waals surface area contributed by atoms with E-state index >= 15 is 0 Å². The summed E-state index contributed by atoms with van der Waals surface area (Å²) in [7, 11) is 3.14. The Morgan fingerprint density at radius 3 is 2.14 bits per heavy atom. The molecule has 2 aromatic carbocycles. The second-order valence-corrected chi connectivity index (χ2v) is 7.83. The molecule has 35 heavy (non-hydrogen) atoms. The number of methoxy groups -OCH3 is 2. The van der Waals surface area contributed by atoms with Gasteiger partial charge in [0, 0.05) is 37.4 Å². The van der Waals surface area contributed by atoms with Gasteiger partial charge in [-0.1, -0.05) is 0 Å². The number of halogens is 3. The topological polar surface area (TPSA) is 79.8 Å². The molecular weight excluding hydrogens is 463 g/mol. The molecule has 0 saturated carbocycles. The number of amides is 2. The van der Waals surface area contributed by atoms with Crippen LogP contribution in [0.25, 0.3) is 11.3 Å². The minimum Gasteiger partial charge on any atom is -0.493 e. The SMILES string of the molecule is COc1ccc(-c2ccc(N3CCN(C(=O)Nc4ccc(C(F)(F)F)cc4)CC3)nn2)cc1OC. The molecule has 0 radical (unpaired) electrons. The molecule has 0 atom stereocenters. The van der Waals surface area contributed by atoms with Crippen LogP contribution in [0.2, 0.25) is 0 Å². The molecule has 0 spiro atoms. The number of carbonyl (C=O) groups is 1. The average molecular weight is 487 g/mol. The third-order valence-electron chi connectivity index (χ3n) is 5.68. The Labute approximate surface area is 200 Å². The van der Waals surface area contributed by atoms with Crippen molar-refractivity contribution in [2.45, 2.75) is 6.18 Å². The van der Waals surface area contributed by atoms with Crippen molar-refractivity contribution in [3.8, 4) is 22.8 Å². The Morgan fingerprint density at radius 2 is 1.57 bits per heavy atom. The molecule has 4 rings (SSSR count). The smallest absolute Gasteiger partial charge is 0.416 e. The molecule has 1 aliphatic heterocycles. The lowest BCUT2D eigenvalue weighted by molar-refractivity contribution is -0.137. The summed E-state index contributed by atoms with van der Waals surface area (Å²) in [5, 5.41) is 11.3. The summed E-state index contributed by atoms with van der Waals surface area (Å²) >= 11 is 0. The molecule has 1 N–H and O–H groups in total. The number of hydrogen-bond donors (Lipinski definition) is 1. The molecule has 11 heteroatoms. The van der Waals surface area contributed by atoms with Crippen LogP contribution in [0.3, 0.4) is 0 Å². The highest BCUT2D eigenvalue weighted by molar-refractivity contribution is 5.89. The predicted octanol–water partition coefficient (Wildman–Crippen LogP) is 4.53. The molecule has 8 nitrogen and oxygen atoms in total. The average Bonchev–Trinajstić information content (AvgIpc) is 2.88. The van der Waals surface area contributed by atoms with Gasteiger partial charge in [0.1, 0.15) is 0 Å². The first-order chi connectivity index (χ1) is 16.8. The fraction of sp³-hybridized carbons (Fsp3) is 0.292. The fourth-order valence-electron chi connectivity index (χ4n) is 3.73. The zero-order valence-corrected chi connectivity index (χ0v) is 19.2. The third-order valence-corrected chi connectivity index (χ3v) is 5.68. The molecule has 2 heterocycles. The fourth-order valence-corrected chi connectivity index (χ4v) is 3.73. The largest absolute Gasteiger partial charge is 0.493 e. The minimum absolute atomic E-state index is 0.307. The summed E-state index contributed by atoms with van der Waals surface area (Å²) in [6, 6.07) is 13.3. The van der Waals surface area contributed by atoms with Gasteiger partial charge in [-0.15, -0.1) is 10.2 Å². The predicted molar refractivity (Wildman–Crippen MR) is 125 cm³/mol. The Hall–Kier alpha value is -4.02. The molecule has 1 aliphatic rings. The van der Waals surface area contributed by atoms with Crippen molar-refractivity contribution < 1.29 is 27.4 Å². The molecule has 1 aromatic heterocycles. The number of benzene rings is 2. The third kappa shape index (κ3) is 5.56. The van der Waals surface area contributed by atoms with Crippen LogP contribution >= 0.6 is 0 Å². The number of ether oxygens (including phenoxy) is 2. The Kier molecular flexibility index (Phi) is 6.94. The first-order valence-electron chi connectivity index (χ1n) is 10.8. The van der Waals surface area contributed by atoms with Crippen LogP contribution in [0.5, 0.6) is 11.5 Å². The number of carbonyl (C=O) groups excluding carboxylic acids is 1. The summed E-state index contributed by atoms with van der Waals surface area (Å²) in [6.45, 7) is 1.97. The van der Waals surface area contributed by atoms with Crippen molar-refractivity contribution in [2.24, 2.45) is 0 Å². The molecule has 0 bridgehead atoms. The van der Waals surface area contributed by atoms with E-state index in [0.717, 1.165) is 17.7 Å². The van der Waals surface area contributed by atoms with Crippen LogP contribution in [0, 0.1) is 0 Å². The van der Waals surface area contributed by atoms with Gasteiger partial charge in [0.05, 0.1) is 25.5 Å². The van der Waals surface area contributed by atoms with Crippen LogP contribution in [0.15, 0.2) is 54.6 Å². The van der Waals surface area contributed by atoms with Gasteiger partial charge in [0.2, 0.25) is 0 Å². The molecule has 1 saturated heterocycles. The van der Waals surface area contributed by atoms with E-state index < -0.39 is 11.7 Å². The van der Waals surface area contributed by atoms with Gasteiger partial charge in [0.15, 0.2) is 17.3 Å². The van der Waals surface area contributed by atoms with Crippen molar-refractivity contribution in [1.82, 2.24) is 15.1 Å². The van der Waals surface area contributed by atoms with Crippen LogP contribution in [0.1, 0.15) is 5.56 Å². The minimum atomic E-state index is -4.42. The first-order valence-corrected chi connectivity index (χ1v) is 10.8. The molecule has 0 aliphatic carbocycles. The quantitative estimate of drug-likeness (QED) is 0.570. The number of urea groups is 1. The zero-order valence-electron chi connectivity index (χ0n) is 19.2. The van der Waals surface area contributed by atoms with Gasteiger partial charge in [-0.3, -0.25) is 0 Å². The highest BCUT2D eigenvalue weighted by atomic mass is 19.4. The number of alkyl halides is 3. The lowest BCUT2D eigenvalue weighted by atomic mass is 10.1. The van der Waals surface area contributed by atoms with E-state index in [2.05, 4.69) is 15.5 Å². The highest BCUT2D eigenvalue weighted by Gasteiger charge is 2.30. The van der Waals surface area contributed by atoms with Crippen molar-refractivity contribution in [3.63, 3.8) is 0 Å². The number of aromatic nitrogens is 2. The van der Waals surface area contributed by atoms with E-state index in [1.807, 2.05) is 29.2 Å². The Bertz CT molecular complexity index is 1160. The van der Waals surface area contributed by atoms with Gasteiger partial charge >= 0.3 is 12.2 Å². The lowest BCUT2D eigenvalue weighted by Gasteiger charge is -2.35. The van der Waals surface area contributed by atoms with Crippen molar-refractivity contribution in [1.29, 1.82) is 0 Å². The second-order valence-electron chi connectivity index (χ2n) is 7.83. The Morgan fingerprint density at radius 1 is 0.886 bits per heavy atom. The summed E-state index contributed by atoms with van der Waals surface area (Å²) < 4.78 is 48.7. The lowest BCUT2D eigenvalue weighted by Crippen LogP contribution is -2.50. The Balaban J connectivity index is 1.33. The summed E-state index contributed by atoms with van der Waals surface area (Å²) in [4.78, 5) is 16.2. The molecular formula is C24H24F3N5O3. The van der Waals surface area contributed by atoms with E-state index in [-0.39, 0.29) is 6.03 Å². The van der Waals surface area contributed by atoms with E-state index in [0.29, 0.717) is 54.9 Å². The second kappa shape index (κ2) is 10.1. The number of rotatable bonds is 5. The number of piperazine rings is 1. The van der Waals surface area contributed by atoms with Crippen LogP contribution in [-0.2, 0) is 6.18 Å². The molecule has 3 aromatic rings. The molecule has 184 valence electrons. The van der Waals surface area contributed by atoms with E-state index in [1.165, 1.54) is 12.1 Å². The summed E-state index contributed by atoms with van der Waals surface area (Å²) in [6.07, 6.45) is -4.42. The van der Waals surface area contributed by atoms with Crippen molar-refractivity contribution >= 4 is 17.5 Å². The molecule has 1 fully saturated rings. The monoisotopic (exact) mass is 487 g/mol. The normalized spacial score (nSPS) is 14.0. The van der Waals surface area contributed by atoms with Gasteiger partial charge < -0.3 is 24.6 Å². The molecule has 0 unspecified atom stereocenters. The van der Waals surface area contributed by atoms with Crippen molar-refractivity contribution in [3.05, 3.63) is 60.2 Å². The van der Waals surface area contributed by atoms with Gasteiger partial charge in [-0.2, -0.15) is 13.2 Å². The van der Waals surface area contributed by atoms with E-state index in [1.54, 1.807) is 25.2 Å². The number of nitrogens with zero attached hydrogens (tertiary/aromatic N) is 4. The zero-order chi connectivity index (χ0) is 25.0. The number of hydrogen-bond acceptors (Lipinski definition) is 6. The van der Waals surface area contributed by atoms with Crippen LogP contribution < -0.4 is 19.7 Å². The highest BCUT2D eigenvalue weighted by Crippen LogP contribution is 2.32. The maximum atomic E-state index is 12.7. The molecule has 2 amide bonds. The van der Waals surface area contributed by atoms with E-state index in [9.17, 15) is 18.0 Å². The summed E-state index contributed by atoms with van der Waals surface area (Å²) in [5.41, 5.74) is 1.07. The van der Waals surface area contributed by atoms with Gasteiger partial charge in [-0.25, -0.2) is 4.79 Å². The maximum absolute atomic E-state index is 12.7. The number of anilines is 2. The summed E-state index contributed by atoms with van der Waals surface area (Å²) in [5.74, 6) is 1.92. The van der Waals surface area contributed by atoms with Gasteiger partial charge in [-0.05, 0) is 54.6 Å². The maximum Gasteiger partial charge on any atom is 0.416 e. The van der Waals surface area contributed by atoms with Crippen LogP contribution in [-0.4, -0.2) is 61.5 Å².